The van der Waals surface area contributed by atoms with Crippen LogP contribution in [0.3, 0.4) is 0 Å². The van der Waals surface area contributed by atoms with Crippen LogP contribution < -0.4 is 5.32 Å². The normalized spacial score (nSPS) is 11.2. The lowest BCUT2D eigenvalue weighted by atomic mass is 10.1. The average molecular weight is 421 g/mol. The first-order chi connectivity index (χ1) is 14.5. The monoisotopic (exact) mass is 420 g/mol. The summed E-state index contributed by atoms with van der Waals surface area (Å²) in [6, 6.07) is 18.6. The molecule has 30 heavy (non-hydrogen) atoms. The molecule has 0 unspecified atom stereocenters. The van der Waals surface area contributed by atoms with E-state index in [0.717, 1.165) is 18.5 Å². The first kappa shape index (κ1) is 20.2. The predicted octanol–water partition coefficient (Wildman–Crippen LogP) is 4.98. The Hall–Kier alpha value is -3.05. The third kappa shape index (κ3) is 4.26. The predicted molar refractivity (Wildman–Crippen MR) is 121 cm³/mol. The summed E-state index contributed by atoms with van der Waals surface area (Å²) >= 11 is 6.50. The van der Waals surface area contributed by atoms with E-state index < -0.39 is 0 Å². The molecular weight excluding hydrogens is 396 g/mol. The maximum atomic E-state index is 12.7. The van der Waals surface area contributed by atoms with Crippen molar-refractivity contribution in [1.82, 2.24) is 19.7 Å². The standard InChI is InChI=1S/C24H25ClN4O/c1-17-8-10-19(11-9-17)16-29-23(25)22(18(2)27-29)24(30)26-13-5-14-28-15-12-20-6-3-4-7-21(20)28/h3-4,6-12,15H,5,13-14,16H2,1-2H3,(H,26,30). The first-order valence-electron chi connectivity index (χ1n) is 10.1. The zero-order valence-electron chi connectivity index (χ0n) is 17.2. The zero-order valence-corrected chi connectivity index (χ0v) is 18.0. The van der Waals surface area contributed by atoms with Crippen LogP contribution in [0.4, 0.5) is 0 Å². The molecule has 0 saturated heterocycles. The van der Waals surface area contributed by atoms with Crippen molar-refractivity contribution in [3.8, 4) is 0 Å². The van der Waals surface area contributed by atoms with Gasteiger partial charge in [0.2, 0.25) is 0 Å². The number of fused-ring (bicyclic) bond motifs is 1. The van der Waals surface area contributed by atoms with Gasteiger partial charge in [-0.25, -0.2) is 4.68 Å². The highest BCUT2D eigenvalue weighted by Gasteiger charge is 2.20. The lowest BCUT2D eigenvalue weighted by Crippen LogP contribution is -2.25. The van der Waals surface area contributed by atoms with Crippen LogP contribution in [-0.2, 0) is 13.1 Å². The highest BCUT2D eigenvalue weighted by atomic mass is 35.5. The fourth-order valence-corrected chi connectivity index (χ4v) is 3.98. The van der Waals surface area contributed by atoms with Gasteiger partial charge in [0.1, 0.15) is 5.15 Å². The second-order valence-corrected chi connectivity index (χ2v) is 7.93. The smallest absolute Gasteiger partial charge is 0.256 e. The molecule has 0 bridgehead atoms. The van der Waals surface area contributed by atoms with Gasteiger partial charge in [-0.3, -0.25) is 4.79 Å². The number of benzene rings is 2. The Morgan fingerprint density at radius 2 is 1.83 bits per heavy atom. The number of para-hydroxylation sites is 1. The lowest BCUT2D eigenvalue weighted by Gasteiger charge is -2.08. The zero-order chi connectivity index (χ0) is 21.1. The Morgan fingerprint density at radius 3 is 2.63 bits per heavy atom. The van der Waals surface area contributed by atoms with Gasteiger partial charge in [-0.15, -0.1) is 0 Å². The topological polar surface area (TPSA) is 51.9 Å². The van der Waals surface area contributed by atoms with Gasteiger partial charge in [0.15, 0.2) is 0 Å². The van der Waals surface area contributed by atoms with Crippen LogP contribution >= 0.6 is 11.6 Å². The molecule has 0 aliphatic heterocycles. The van der Waals surface area contributed by atoms with Crippen LogP contribution in [0, 0.1) is 13.8 Å². The fourth-order valence-electron chi connectivity index (χ4n) is 3.66. The number of hydrogen-bond donors (Lipinski definition) is 1. The third-order valence-electron chi connectivity index (χ3n) is 5.29. The van der Waals surface area contributed by atoms with Gasteiger partial charge < -0.3 is 9.88 Å². The molecule has 154 valence electrons. The number of aryl methyl sites for hydroxylation is 3. The van der Waals surface area contributed by atoms with Crippen molar-refractivity contribution in [1.29, 1.82) is 0 Å². The van der Waals surface area contributed by atoms with E-state index in [1.54, 1.807) is 4.68 Å². The van der Waals surface area contributed by atoms with Crippen molar-refractivity contribution in [2.75, 3.05) is 6.54 Å². The molecule has 1 N–H and O–H groups in total. The molecule has 0 fully saturated rings. The second kappa shape index (κ2) is 8.76. The van der Waals surface area contributed by atoms with Crippen molar-refractivity contribution in [2.45, 2.75) is 33.4 Å². The second-order valence-electron chi connectivity index (χ2n) is 7.57. The summed E-state index contributed by atoms with van der Waals surface area (Å²) in [4.78, 5) is 12.7. The molecule has 0 aliphatic rings. The lowest BCUT2D eigenvalue weighted by molar-refractivity contribution is 0.0952. The number of rotatable bonds is 7. The summed E-state index contributed by atoms with van der Waals surface area (Å²) in [5.41, 5.74) is 4.60. The largest absolute Gasteiger partial charge is 0.352 e. The summed E-state index contributed by atoms with van der Waals surface area (Å²) < 4.78 is 3.89. The molecule has 6 heteroatoms. The van der Waals surface area contributed by atoms with Crippen LogP contribution in [0.2, 0.25) is 5.15 Å². The fraction of sp³-hybridized carbons (Fsp3) is 0.250. The molecule has 2 heterocycles. The molecule has 4 aromatic rings. The van der Waals surface area contributed by atoms with Gasteiger partial charge in [0.05, 0.1) is 17.8 Å². The molecule has 2 aromatic carbocycles. The summed E-state index contributed by atoms with van der Waals surface area (Å²) in [6.45, 7) is 5.82. The molecule has 0 radical (unpaired) electrons. The van der Waals surface area contributed by atoms with Gasteiger partial charge in [0, 0.05) is 24.8 Å². The molecule has 1 amide bonds. The maximum Gasteiger partial charge on any atom is 0.256 e. The Morgan fingerprint density at radius 1 is 1.07 bits per heavy atom. The number of amides is 1. The molecule has 0 spiro atoms. The number of halogens is 1. The highest BCUT2D eigenvalue weighted by molar-refractivity contribution is 6.33. The van der Waals surface area contributed by atoms with E-state index in [-0.39, 0.29) is 5.91 Å². The molecular formula is C24H25ClN4O. The van der Waals surface area contributed by atoms with Crippen molar-refractivity contribution in [3.05, 3.63) is 88.3 Å². The Labute approximate surface area is 181 Å². The van der Waals surface area contributed by atoms with E-state index in [2.05, 4.69) is 58.4 Å². The minimum Gasteiger partial charge on any atom is -0.352 e. The van der Waals surface area contributed by atoms with Crippen molar-refractivity contribution >= 4 is 28.4 Å². The number of nitrogens with zero attached hydrogens (tertiary/aromatic N) is 3. The molecule has 2 aromatic heterocycles. The van der Waals surface area contributed by atoms with E-state index >= 15 is 0 Å². The highest BCUT2D eigenvalue weighted by Crippen LogP contribution is 2.21. The molecule has 0 aliphatic carbocycles. The van der Waals surface area contributed by atoms with Gasteiger partial charge in [-0.2, -0.15) is 5.10 Å². The SMILES string of the molecule is Cc1ccc(Cn2nc(C)c(C(=O)NCCCn3ccc4ccccc43)c2Cl)cc1. The van der Waals surface area contributed by atoms with Gasteiger partial charge in [-0.05, 0) is 43.4 Å². The Bertz CT molecular complexity index is 1170. The first-order valence-corrected chi connectivity index (χ1v) is 10.5. The average Bonchev–Trinajstić information content (AvgIpc) is 3.27. The van der Waals surface area contributed by atoms with Crippen molar-refractivity contribution in [2.24, 2.45) is 0 Å². The Kier molecular flexibility index (Phi) is 5.91. The molecule has 0 atom stereocenters. The number of aromatic nitrogens is 3. The molecule has 4 rings (SSSR count). The molecule has 0 saturated carbocycles. The van der Waals surface area contributed by atoms with Crippen molar-refractivity contribution < 1.29 is 4.79 Å². The summed E-state index contributed by atoms with van der Waals surface area (Å²) in [5, 5.41) is 9.06. The third-order valence-corrected chi connectivity index (χ3v) is 5.67. The summed E-state index contributed by atoms with van der Waals surface area (Å²) in [6.07, 6.45) is 2.92. The number of hydrogen-bond acceptors (Lipinski definition) is 2. The van der Waals surface area contributed by atoms with E-state index in [0.29, 0.717) is 29.5 Å². The summed E-state index contributed by atoms with van der Waals surface area (Å²) in [7, 11) is 0. The van der Waals surface area contributed by atoms with Crippen LogP contribution in [0.25, 0.3) is 10.9 Å². The number of nitrogens with one attached hydrogen (secondary N) is 1. The van der Waals surface area contributed by atoms with E-state index in [1.165, 1.54) is 16.5 Å². The Balaban J connectivity index is 1.36. The quantitative estimate of drug-likeness (QED) is 0.429. The van der Waals surface area contributed by atoms with Gasteiger partial charge >= 0.3 is 0 Å². The van der Waals surface area contributed by atoms with Gasteiger partial charge in [0.25, 0.3) is 5.91 Å². The van der Waals surface area contributed by atoms with Crippen LogP contribution in [-0.4, -0.2) is 26.8 Å². The van der Waals surface area contributed by atoms with E-state index in [4.69, 9.17) is 11.6 Å². The molecule has 5 nitrogen and oxygen atoms in total. The minimum absolute atomic E-state index is 0.176. The van der Waals surface area contributed by atoms with Crippen LogP contribution in [0.15, 0.2) is 60.8 Å². The number of carbonyl (C=O) groups excluding carboxylic acids is 1. The number of carbonyl (C=O) groups is 1. The van der Waals surface area contributed by atoms with Crippen molar-refractivity contribution in [3.63, 3.8) is 0 Å². The minimum atomic E-state index is -0.176. The van der Waals surface area contributed by atoms with E-state index in [9.17, 15) is 4.79 Å². The van der Waals surface area contributed by atoms with Crippen LogP contribution in [0.1, 0.15) is 33.6 Å². The van der Waals surface area contributed by atoms with E-state index in [1.807, 2.05) is 31.2 Å². The van der Waals surface area contributed by atoms with Gasteiger partial charge in [-0.1, -0.05) is 59.6 Å². The maximum absolute atomic E-state index is 12.7. The summed E-state index contributed by atoms with van der Waals surface area (Å²) in [5.74, 6) is -0.176. The van der Waals surface area contributed by atoms with Crippen LogP contribution in [0.5, 0.6) is 0 Å².